The minimum absolute atomic E-state index is 0.123. The summed E-state index contributed by atoms with van der Waals surface area (Å²) in [5.41, 5.74) is 2.20. The number of aryl methyl sites for hydroxylation is 2. The SMILES string of the molecule is Cc1oc(C(=O)O)cc1COc1ccc2c(C)c(C)c(=O)oc2c1. The molecule has 1 N–H and O–H groups in total. The molecule has 3 rings (SSSR count). The molecule has 2 heterocycles. The van der Waals surface area contributed by atoms with Crippen molar-refractivity contribution < 1.29 is 23.5 Å². The van der Waals surface area contributed by atoms with E-state index in [2.05, 4.69) is 0 Å². The first-order valence-electron chi connectivity index (χ1n) is 7.36. The summed E-state index contributed by atoms with van der Waals surface area (Å²) in [4.78, 5) is 22.7. The molecule has 0 aliphatic heterocycles. The molecule has 24 heavy (non-hydrogen) atoms. The molecule has 6 heteroatoms. The molecule has 0 radical (unpaired) electrons. The van der Waals surface area contributed by atoms with Gasteiger partial charge in [0.05, 0.1) is 0 Å². The van der Waals surface area contributed by atoms with E-state index in [0.29, 0.717) is 28.2 Å². The summed E-state index contributed by atoms with van der Waals surface area (Å²) in [5.74, 6) is -0.234. The molecule has 124 valence electrons. The van der Waals surface area contributed by atoms with E-state index in [0.717, 1.165) is 10.9 Å². The molecule has 0 saturated heterocycles. The van der Waals surface area contributed by atoms with Crippen LogP contribution in [0.3, 0.4) is 0 Å². The van der Waals surface area contributed by atoms with E-state index in [1.54, 1.807) is 26.0 Å². The van der Waals surface area contributed by atoms with Crippen LogP contribution in [0.15, 0.2) is 37.9 Å². The monoisotopic (exact) mass is 328 g/mol. The standard InChI is InChI=1S/C18H16O6/c1-9-10(2)18(21)24-15-7-13(4-5-14(9)15)22-8-12-6-16(17(19)20)23-11(12)3/h4-7H,8H2,1-3H3,(H,19,20). The van der Waals surface area contributed by atoms with Crippen LogP contribution < -0.4 is 10.4 Å². The summed E-state index contributed by atoms with van der Waals surface area (Å²) in [5, 5.41) is 9.78. The maximum Gasteiger partial charge on any atom is 0.371 e. The van der Waals surface area contributed by atoms with E-state index in [1.165, 1.54) is 6.07 Å². The van der Waals surface area contributed by atoms with Gasteiger partial charge in [-0.1, -0.05) is 0 Å². The first-order valence-corrected chi connectivity index (χ1v) is 7.36. The number of carboxylic acids is 1. The highest BCUT2D eigenvalue weighted by Crippen LogP contribution is 2.25. The first kappa shape index (κ1) is 15.9. The fourth-order valence-corrected chi connectivity index (χ4v) is 2.45. The molecule has 1 aromatic carbocycles. The third-order valence-electron chi connectivity index (χ3n) is 4.05. The van der Waals surface area contributed by atoms with Crippen LogP contribution in [0.25, 0.3) is 11.0 Å². The summed E-state index contributed by atoms with van der Waals surface area (Å²) < 4.78 is 16.1. The van der Waals surface area contributed by atoms with Crippen LogP contribution >= 0.6 is 0 Å². The van der Waals surface area contributed by atoms with Crippen molar-refractivity contribution in [1.29, 1.82) is 0 Å². The lowest BCUT2D eigenvalue weighted by Crippen LogP contribution is -2.05. The van der Waals surface area contributed by atoms with Gasteiger partial charge in [-0.25, -0.2) is 9.59 Å². The fraction of sp³-hybridized carbons (Fsp3) is 0.222. The highest BCUT2D eigenvalue weighted by molar-refractivity contribution is 5.84. The molecule has 0 unspecified atom stereocenters. The largest absolute Gasteiger partial charge is 0.489 e. The van der Waals surface area contributed by atoms with Gasteiger partial charge in [-0.05, 0) is 44.5 Å². The molecule has 0 atom stereocenters. The van der Waals surface area contributed by atoms with Crippen molar-refractivity contribution >= 4 is 16.9 Å². The number of carbonyl (C=O) groups is 1. The van der Waals surface area contributed by atoms with Crippen LogP contribution in [0, 0.1) is 20.8 Å². The maximum absolute atomic E-state index is 11.8. The smallest absolute Gasteiger partial charge is 0.371 e. The number of fused-ring (bicyclic) bond motifs is 1. The van der Waals surface area contributed by atoms with E-state index < -0.39 is 5.97 Å². The number of aromatic carboxylic acids is 1. The summed E-state index contributed by atoms with van der Waals surface area (Å²) in [7, 11) is 0. The Hall–Kier alpha value is -3.02. The van der Waals surface area contributed by atoms with E-state index in [1.807, 2.05) is 13.0 Å². The van der Waals surface area contributed by atoms with Crippen LogP contribution in [-0.2, 0) is 6.61 Å². The van der Waals surface area contributed by atoms with Gasteiger partial charge in [0.15, 0.2) is 0 Å². The minimum Gasteiger partial charge on any atom is -0.489 e. The van der Waals surface area contributed by atoms with E-state index >= 15 is 0 Å². The number of hydrogen-bond acceptors (Lipinski definition) is 5. The second kappa shape index (κ2) is 5.88. The average Bonchev–Trinajstić information content (AvgIpc) is 2.92. The van der Waals surface area contributed by atoms with Crippen molar-refractivity contribution in [2.75, 3.05) is 0 Å². The van der Waals surface area contributed by atoms with Gasteiger partial charge in [-0.15, -0.1) is 0 Å². The van der Waals surface area contributed by atoms with Crippen molar-refractivity contribution in [3.63, 3.8) is 0 Å². The molecule has 0 bridgehead atoms. The summed E-state index contributed by atoms with van der Waals surface area (Å²) in [6.07, 6.45) is 0. The zero-order chi connectivity index (χ0) is 17.4. The predicted molar refractivity (Wildman–Crippen MR) is 86.7 cm³/mol. The lowest BCUT2D eigenvalue weighted by Gasteiger charge is -2.08. The molecule has 0 saturated carbocycles. The number of benzene rings is 1. The van der Waals surface area contributed by atoms with Gasteiger partial charge >= 0.3 is 11.6 Å². The number of hydrogen-bond donors (Lipinski definition) is 1. The number of ether oxygens (including phenoxy) is 1. The van der Waals surface area contributed by atoms with Crippen molar-refractivity contribution in [2.45, 2.75) is 27.4 Å². The second-order valence-corrected chi connectivity index (χ2v) is 5.58. The molecule has 6 nitrogen and oxygen atoms in total. The summed E-state index contributed by atoms with van der Waals surface area (Å²) in [6, 6.07) is 6.70. The Bertz CT molecular complexity index is 993. The van der Waals surface area contributed by atoms with Gasteiger partial charge in [0, 0.05) is 22.6 Å². The lowest BCUT2D eigenvalue weighted by atomic mass is 10.1. The molecule has 0 spiro atoms. The van der Waals surface area contributed by atoms with Crippen molar-refractivity contribution in [1.82, 2.24) is 0 Å². The third-order valence-corrected chi connectivity index (χ3v) is 4.05. The predicted octanol–water partition coefficient (Wildman–Crippen LogP) is 3.59. The minimum atomic E-state index is -1.12. The lowest BCUT2D eigenvalue weighted by molar-refractivity contribution is 0.0661. The zero-order valence-electron chi connectivity index (χ0n) is 13.5. The first-order chi connectivity index (χ1) is 11.4. The van der Waals surface area contributed by atoms with Gasteiger partial charge in [0.2, 0.25) is 5.76 Å². The Morgan fingerprint density at radius 3 is 2.54 bits per heavy atom. The molecule has 2 aromatic heterocycles. The van der Waals surface area contributed by atoms with Crippen molar-refractivity contribution in [3.05, 3.63) is 62.9 Å². The van der Waals surface area contributed by atoms with Gasteiger partial charge in [0.1, 0.15) is 23.7 Å². The Labute approximate surface area is 137 Å². The molecule has 0 fully saturated rings. The van der Waals surface area contributed by atoms with E-state index in [9.17, 15) is 9.59 Å². The topological polar surface area (TPSA) is 89.9 Å². The average molecular weight is 328 g/mol. The van der Waals surface area contributed by atoms with Gasteiger partial charge in [-0.3, -0.25) is 0 Å². The molecular weight excluding hydrogens is 312 g/mol. The maximum atomic E-state index is 11.8. The van der Waals surface area contributed by atoms with E-state index in [-0.39, 0.29) is 18.0 Å². The number of rotatable bonds is 4. The summed E-state index contributed by atoms with van der Waals surface area (Å²) in [6.45, 7) is 5.43. The van der Waals surface area contributed by atoms with Crippen LogP contribution in [0.5, 0.6) is 5.75 Å². The Balaban J connectivity index is 1.87. The van der Waals surface area contributed by atoms with Crippen LogP contribution in [-0.4, -0.2) is 11.1 Å². The Morgan fingerprint density at radius 1 is 1.12 bits per heavy atom. The van der Waals surface area contributed by atoms with Gasteiger partial charge in [0.25, 0.3) is 0 Å². The fourth-order valence-electron chi connectivity index (χ4n) is 2.45. The molecule has 0 amide bonds. The van der Waals surface area contributed by atoms with Gasteiger partial charge < -0.3 is 18.7 Å². The summed E-state index contributed by atoms with van der Waals surface area (Å²) >= 11 is 0. The Kier molecular flexibility index (Phi) is 3.89. The van der Waals surface area contributed by atoms with E-state index in [4.69, 9.17) is 18.7 Å². The van der Waals surface area contributed by atoms with Crippen molar-refractivity contribution in [2.24, 2.45) is 0 Å². The van der Waals surface area contributed by atoms with Crippen LogP contribution in [0.1, 0.15) is 33.0 Å². The van der Waals surface area contributed by atoms with Crippen molar-refractivity contribution in [3.8, 4) is 5.75 Å². The molecular formula is C18H16O6. The highest BCUT2D eigenvalue weighted by Gasteiger charge is 2.14. The van der Waals surface area contributed by atoms with Gasteiger partial charge in [-0.2, -0.15) is 0 Å². The highest BCUT2D eigenvalue weighted by atomic mass is 16.5. The quantitative estimate of drug-likeness (QED) is 0.736. The second-order valence-electron chi connectivity index (χ2n) is 5.58. The van der Waals surface area contributed by atoms with Crippen LogP contribution in [0.2, 0.25) is 0 Å². The molecule has 0 aliphatic carbocycles. The molecule has 3 aromatic rings. The normalized spacial score (nSPS) is 11.0. The zero-order valence-corrected chi connectivity index (χ0v) is 13.5. The number of carboxylic acid groups (broad SMARTS) is 1. The Morgan fingerprint density at radius 2 is 1.88 bits per heavy atom. The number of furan rings is 1. The molecule has 0 aliphatic rings. The third kappa shape index (κ3) is 2.78. The van der Waals surface area contributed by atoms with Crippen LogP contribution in [0.4, 0.5) is 0 Å².